The summed E-state index contributed by atoms with van der Waals surface area (Å²) in [4.78, 5) is 4.51. The van der Waals surface area contributed by atoms with Crippen LogP contribution in [0.25, 0.3) is 11.3 Å². The van der Waals surface area contributed by atoms with Crippen molar-refractivity contribution in [2.45, 2.75) is 19.3 Å². The zero-order valence-corrected chi connectivity index (χ0v) is 10.4. The van der Waals surface area contributed by atoms with Gasteiger partial charge in [0.1, 0.15) is 0 Å². The quantitative estimate of drug-likeness (QED) is 0.828. The molecule has 0 saturated heterocycles. The fourth-order valence-corrected chi connectivity index (χ4v) is 2.57. The summed E-state index contributed by atoms with van der Waals surface area (Å²) >= 11 is 0. The van der Waals surface area contributed by atoms with Crippen molar-refractivity contribution in [2.24, 2.45) is 0 Å². The molecule has 2 N–H and O–H groups in total. The van der Waals surface area contributed by atoms with E-state index < -0.39 is 0 Å². The molecule has 0 bridgehead atoms. The molecule has 90 valence electrons. The Morgan fingerprint density at radius 1 is 1.33 bits per heavy atom. The zero-order chi connectivity index (χ0) is 12.5. The second-order valence-electron chi connectivity index (χ2n) is 4.65. The van der Waals surface area contributed by atoms with Gasteiger partial charge in [0.05, 0.1) is 0 Å². The summed E-state index contributed by atoms with van der Waals surface area (Å²) in [6, 6.07) is 6.20. The van der Waals surface area contributed by atoms with Gasteiger partial charge in [0.25, 0.3) is 0 Å². The van der Waals surface area contributed by atoms with E-state index in [2.05, 4.69) is 17.1 Å². The van der Waals surface area contributed by atoms with E-state index in [0.29, 0.717) is 0 Å². The van der Waals surface area contributed by atoms with Gasteiger partial charge < -0.3 is 0 Å². The predicted molar refractivity (Wildman–Crippen MR) is 74.0 cm³/mol. The Morgan fingerprint density at radius 3 is 3.06 bits per heavy atom. The first-order valence-electron chi connectivity index (χ1n) is 6.19. The average Bonchev–Trinajstić information content (AvgIpc) is 2.56. The number of nitrogens with two attached hydrogens (primary N) is 1. The Bertz CT molecular complexity index is 598. The first-order chi connectivity index (χ1) is 8.78. The molecule has 3 nitrogen and oxygen atoms in total. The van der Waals surface area contributed by atoms with Crippen molar-refractivity contribution in [3.05, 3.63) is 35.4 Å². The number of methoxy groups -OCH3 is 1. The van der Waals surface area contributed by atoms with Crippen molar-refractivity contribution in [1.82, 2.24) is 4.98 Å². The molecule has 1 heterocycles. The summed E-state index contributed by atoms with van der Waals surface area (Å²) in [6.45, 7) is 2.04. The maximum atomic E-state index is 5.82. The molecule has 0 atom stereocenters. The number of hydrogen-bond acceptors (Lipinski definition) is 3. The molecule has 0 aliphatic heterocycles. The van der Waals surface area contributed by atoms with E-state index in [-0.39, 0.29) is 0 Å². The monoisotopic (exact) mass is 238 g/mol. The van der Waals surface area contributed by atoms with Crippen LogP contribution in [0.1, 0.15) is 17.4 Å². The summed E-state index contributed by atoms with van der Waals surface area (Å²) in [5, 5.41) is 0. The summed E-state index contributed by atoms with van der Waals surface area (Å²) in [5.74, 6) is 0.910. The molecule has 0 saturated carbocycles. The maximum absolute atomic E-state index is 5.82. The van der Waals surface area contributed by atoms with Crippen LogP contribution >= 0.6 is 0 Å². The van der Waals surface area contributed by atoms with Crippen molar-refractivity contribution in [2.75, 3.05) is 12.8 Å². The van der Waals surface area contributed by atoms with Crippen molar-refractivity contribution in [3.8, 4) is 17.0 Å². The average molecular weight is 238 g/mol. The second kappa shape index (κ2) is 4.44. The topological polar surface area (TPSA) is 48.1 Å². The Hall–Kier alpha value is -1.84. The van der Waals surface area contributed by atoms with Crippen LogP contribution in [0.3, 0.4) is 0 Å². The second-order valence-corrected chi connectivity index (χ2v) is 4.65. The normalized spacial score (nSPS) is 13.2. The van der Waals surface area contributed by atoms with E-state index in [1.54, 1.807) is 13.3 Å². The molecule has 4 heteroatoms. The van der Waals surface area contributed by atoms with Crippen molar-refractivity contribution in [1.29, 1.82) is 0 Å². The van der Waals surface area contributed by atoms with E-state index in [1.165, 1.54) is 16.6 Å². The van der Waals surface area contributed by atoms with Crippen LogP contribution in [0.2, 0.25) is 0 Å². The van der Waals surface area contributed by atoms with Gasteiger partial charge in [-0.3, -0.25) is 0 Å². The number of aromatic nitrogens is 1. The van der Waals surface area contributed by atoms with Crippen molar-refractivity contribution < 1.29 is 4.74 Å². The van der Waals surface area contributed by atoms with Gasteiger partial charge in [-0.25, -0.2) is 0 Å². The van der Waals surface area contributed by atoms with Crippen LogP contribution in [0, 0.1) is 0 Å². The number of fused-ring (bicyclic) bond motifs is 3. The molecule has 3 rings (SSSR count). The molecule has 0 radical (unpaired) electrons. The third-order valence-electron chi connectivity index (χ3n) is 3.45. The third-order valence-corrected chi connectivity index (χ3v) is 3.45. The van der Waals surface area contributed by atoms with Gasteiger partial charge in [-0.1, -0.05) is 0 Å². The molecule has 1 aromatic heterocycles. The van der Waals surface area contributed by atoms with Gasteiger partial charge in [0.2, 0.25) is 0 Å². The van der Waals surface area contributed by atoms with E-state index >= 15 is 0 Å². The van der Waals surface area contributed by atoms with E-state index in [1.807, 2.05) is 13.0 Å². The first-order valence-corrected chi connectivity index (χ1v) is 6.19. The van der Waals surface area contributed by atoms with Gasteiger partial charge >= 0.3 is 107 Å². The molecule has 0 unspecified atom stereocenters. The van der Waals surface area contributed by atoms with Crippen LogP contribution in [0.4, 0.5) is 5.58 Å². The van der Waals surface area contributed by atoms with Crippen LogP contribution in [-0.2, 0) is 12.8 Å². The molecule has 1 aromatic carbocycles. The van der Waals surface area contributed by atoms with E-state index in [9.17, 15) is 0 Å². The molecular formula is C14H15BN2O. The van der Waals surface area contributed by atoms with Gasteiger partial charge in [-0.05, 0) is 0 Å². The van der Waals surface area contributed by atoms with Crippen LogP contribution in [0.15, 0.2) is 24.4 Å². The SMILES string of the molecule is COc1ccc2c(c1)CCCc1bc(N)cnc1-2. The molecule has 2 aromatic rings. The number of rotatable bonds is 1. The summed E-state index contributed by atoms with van der Waals surface area (Å²) in [6.07, 6.45) is 4.95. The number of benzene rings is 1. The molecule has 18 heavy (non-hydrogen) atoms. The van der Waals surface area contributed by atoms with Crippen LogP contribution < -0.4 is 10.5 Å². The molecule has 0 amide bonds. The van der Waals surface area contributed by atoms with Crippen LogP contribution in [0.5, 0.6) is 5.75 Å². The van der Waals surface area contributed by atoms with Crippen LogP contribution in [-0.4, -0.2) is 19.0 Å². The summed E-state index contributed by atoms with van der Waals surface area (Å²) < 4.78 is 5.29. The zero-order valence-electron chi connectivity index (χ0n) is 10.4. The Labute approximate surface area is 107 Å². The molecule has 0 spiro atoms. The molecule has 0 fully saturated rings. The number of hydrogen-bond donors (Lipinski definition) is 1. The first kappa shape index (κ1) is 11.3. The van der Waals surface area contributed by atoms with E-state index in [0.717, 1.165) is 36.3 Å². The fourth-order valence-electron chi connectivity index (χ4n) is 2.57. The number of nitrogens with zero attached hydrogens (tertiary/aromatic N) is 1. The van der Waals surface area contributed by atoms with E-state index in [4.69, 9.17) is 10.5 Å². The number of ether oxygens (including phenoxy) is 1. The van der Waals surface area contributed by atoms with Crippen molar-refractivity contribution >= 4 is 12.5 Å². The minimum absolute atomic E-state index is 0.741. The number of nitrogen functional groups attached to an aromatic ring is 1. The molecule has 1 aliphatic rings. The minimum atomic E-state index is 0.741. The van der Waals surface area contributed by atoms with Gasteiger partial charge in [-0.2, -0.15) is 0 Å². The number of anilines is 1. The van der Waals surface area contributed by atoms with Gasteiger partial charge in [0, 0.05) is 0 Å². The molecule has 1 aliphatic carbocycles. The standard InChI is InChI=1S/C14H15BN2O/c1-18-10-5-6-11-9(7-10)3-2-4-12-14(11)17-8-13(16)15-12/h5-8H,2-4,16H2,1H3. The predicted octanol–water partition coefficient (Wildman–Crippen LogP) is 2.17. The third kappa shape index (κ3) is 1.88. The Kier molecular flexibility index (Phi) is 2.78. The van der Waals surface area contributed by atoms with Gasteiger partial charge in [-0.15, -0.1) is 0 Å². The fraction of sp³-hybridized carbons (Fsp3) is 0.286. The van der Waals surface area contributed by atoms with Gasteiger partial charge in [0.15, 0.2) is 0 Å². The van der Waals surface area contributed by atoms with Crippen molar-refractivity contribution in [3.63, 3.8) is 0 Å². The summed E-state index contributed by atoms with van der Waals surface area (Å²) in [5.41, 5.74) is 11.4. The number of aryl methyl sites for hydroxylation is 2. The summed E-state index contributed by atoms with van der Waals surface area (Å²) in [7, 11) is 1.70. The molecular weight excluding hydrogens is 223 g/mol. The Morgan fingerprint density at radius 2 is 2.22 bits per heavy atom. The Balaban J connectivity index is 2.18.